The molecular weight excluding hydrogens is 200 g/mol. The van der Waals surface area contributed by atoms with Crippen molar-refractivity contribution < 1.29 is 4.74 Å². The second kappa shape index (κ2) is 4.56. The predicted molar refractivity (Wildman–Crippen MR) is 68.0 cm³/mol. The van der Waals surface area contributed by atoms with Crippen molar-refractivity contribution in [2.24, 2.45) is 10.7 Å². The number of hydrogen-bond donors (Lipinski definition) is 1. The van der Waals surface area contributed by atoms with Gasteiger partial charge in [0.1, 0.15) is 11.6 Å². The number of nitrogens with two attached hydrogens (primary N) is 1. The number of ether oxygens (including phenoxy) is 1. The summed E-state index contributed by atoms with van der Waals surface area (Å²) >= 11 is 0. The van der Waals surface area contributed by atoms with E-state index in [0.29, 0.717) is 5.84 Å². The van der Waals surface area contributed by atoms with Crippen molar-refractivity contribution in [3.63, 3.8) is 0 Å². The Labute approximate surface area is 97.3 Å². The Balaban J connectivity index is 0.000000606. The molecule has 3 heteroatoms. The SMILES string of the molecule is CC.Cc1ccc2c(c1)OC(C)(C)N=C2N. The van der Waals surface area contributed by atoms with Crippen molar-refractivity contribution in [1.29, 1.82) is 0 Å². The summed E-state index contributed by atoms with van der Waals surface area (Å²) in [6.07, 6.45) is 0. The molecule has 0 unspecified atom stereocenters. The van der Waals surface area contributed by atoms with Crippen LogP contribution in [-0.4, -0.2) is 11.6 Å². The lowest BCUT2D eigenvalue weighted by Crippen LogP contribution is -2.35. The third-order valence-electron chi connectivity index (χ3n) is 2.16. The summed E-state index contributed by atoms with van der Waals surface area (Å²) in [7, 11) is 0. The Kier molecular flexibility index (Phi) is 3.58. The van der Waals surface area contributed by atoms with Gasteiger partial charge in [0, 0.05) is 0 Å². The highest BCUT2D eigenvalue weighted by atomic mass is 16.5. The fraction of sp³-hybridized carbons (Fsp3) is 0.462. The number of amidine groups is 1. The van der Waals surface area contributed by atoms with Crippen LogP contribution in [0.25, 0.3) is 0 Å². The van der Waals surface area contributed by atoms with Gasteiger partial charge in [0.25, 0.3) is 0 Å². The highest BCUT2D eigenvalue weighted by Crippen LogP contribution is 2.29. The van der Waals surface area contributed by atoms with Crippen LogP contribution in [0.2, 0.25) is 0 Å². The fourth-order valence-electron chi connectivity index (χ4n) is 1.57. The molecule has 0 radical (unpaired) electrons. The van der Waals surface area contributed by atoms with Crippen molar-refractivity contribution in [2.75, 3.05) is 0 Å². The number of aliphatic imine (C=N–C) groups is 1. The molecule has 1 aliphatic rings. The zero-order valence-electron chi connectivity index (χ0n) is 10.7. The van der Waals surface area contributed by atoms with E-state index >= 15 is 0 Å². The van der Waals surface area contributed by atoms with E-state index in [4.69, 9.17) is 10.5 Å². The minimum absolute atomic E-state index is 0.551. The Hall–Kier alpha value is -1.51. The molecule has 0 spiro atoms. The molecular formula is C13H20N2O. The predicted octanol–water partition coefficient (Wildman–Crippen LogP) is 2.86. The number of fused-ring (bicyclic) bond motifs is 1. The molecule has 0 bridgehead atoms. The first-order chi connectivity index (χ1) is 7.48. The number of nitrogens with zero attached hydrogens (tertiary/aromatic N) is 1. The molecule has 0 saturated heterocycles. The maximum absolute atomic E-state index is 5.84. The van der Waals surface area contributed by atoms with E-state index in [-0.39, 0.29) is 0 Å². The highest BCUT2D eigenvalue weighted by molar-refractivity contribution is 6.00. The zero-order chi connectivity index (χ0) is 12.3. The van der Waals surface area contributed by atoms with Crippen LogP contribution in [0.1, 0.15) is 38.8 Å². The minimum Gasteiger partial charge on any atom is -0.466 e. The number of aryl methyl sites for hydroxylation is 1. The lowest BCUT2D eigenvalue weighted by molar-refractivity contribution is 0.115. The third-order valence-corrected chi connectivity index (χ3v) is 2.16. The Bertz CT molecular complexity index is 408. The number of benzene rings is 1. The smallest absolute Gasteiger partial charge is 0.196 e. The average Bonchev–Trinajstić information content (AvgIpc) is 2.18. The Morgan fingerprint density at radius 1 is 1.25 bits per heavy atom. The van der Waals surface area contributed by atoms with E-state index < -0.39 is 5.72 Å². The quantitative estimate of drug-likeness (QED) is 0.730. The van der Waals surface area contributed by atoms with E-state index in [0.717, 1.165) is 16.9 Å². The maximum atomic E-state index is 5.84. The third kappa shape index (κ3) is 2.54. The molecule has 0 saturated carbocycles. The second-order valence-corrected chi connectivity index (χ2v) is 4.05. The van der Waals surface area contributed by atoms with E-state index in [2.05, 4.69) is 4.99 Å². The van der Waals surface area contributed by atoms with Crippen LogP contribution >= 0.6 is 0 Å². The number of rotatable bonds is 0. The van der Waals surface area contributed by atoms with Crippen LogP contribution in [0.15, 0.2) is 23.2 Å². The number of hydrogen-bond acceptors (Lipinski definition) is 3. The standard InChI is InChI=1S/C11H14N2O.C2H6/c1-7-4-5-8-9(6-7)14-11(2,3)13-10(8)12;1-2/h4-6H,1-3H3,(H2,12,13);1-2H3. The molecule has 16 heavy (non-hydrogen) atoms. The molecule has 2 N–H and O–H groups in total. The van der Waals surface area contributed by atoms with Gasteiger partial charge in [0.15, 0.2) is 5.72 Å². The highest BCUT2D eigenvalue weighted by Gasteiger charge is 2.26. The van der Waals surface area contributed by atoms with Crippen molar-refractivity contribution in [3.8, 4) is 5.75 Å². The lowest BCUT2D eigenvalue weighted by Gasteiger charge is -2.28. The monoisotopic (exact) mass is 220 g/mol. The summed E-state index contributed by atoms with van der Waals surface area (Å²) in [5.41, 5.74) is 7.34. The zero-order valence-corrected chi connectivity index (χ0v) is 10.7. The van der Waals surface area contributed by atoms with Crippen LogP contribution in [0.3, 0.4) is 0 Å². The molecule has 0 fully saturated rings. The van der Waals surface area contributed by atoms with E-state index in [1.807, 2.05) is 52.8 Å². The molecule has 2 rings (SSSR count). The lowest BCUT2D eigenvalue weighted by atomic mass is 10.1. The Morgan fingerprint density at radius 3 is 2.50 bits per heavy atom. The summed E-state index contributed by atoms with van der Waals surface area (Å²) in [6, 6.07) is 5.93. The molecule has 88 valence electrons. The van der Waals surface area contributed by atoms with Gasteiger partial charge in [-0.15, -0.1) is 0 Å². The van der Waals surface area contributed by atoms with Gasteiger partial charge in [-0.3, -0.25) is 0 Å². The average molecular weight is 220 g/mol. The summed E-state index contributed by atoms with van der Waals surface area (Å²) in [6.45, 7) is 9.81. The minimum atomic E-state index is -0.551. The van der Waals surface area contributed by atoms with Gasteiger partial charge in [0.2, 0.25) is 0 Å². The molecule has 1 aromatic carbocycles. The van der Waals surface area contributed by atoms with Crippen molar-refractivity contribution in [2.45, 2.75) is 40.3 Å². The largest absolute Gasteiger partial charge is 0.466 e. The summed E-state index contributed by atoms with van der Waals surface area (Å²) in [5, 5.41) is 0. The van der Waals surface area contributed by atoms with Gasteiger partial charge >= 0.3 is 0 Å². The van der Waals surface area contributed by atoms with E-state index in [9.17, 15) is 0 Å². The van der Waals surface area contributed by atoms with E-state index in [1.54, 1.807) is 0 Å². The van der Waals surface area contributed by atoms with Gasteiger partial charge < -0.3 is 10.5 Å². The normalized spacial score (nSPS) is 16.2. The van der Waals surface area contributed by atoms with E-state index in [1.165, 1.54) is 0 Å². The molecule has 0 aliphatic carbocycles. The van der Waals surface area contributed by atoms with Crippen LogP contribution in [0.5, 0.6) is 5.75 Å². The molecule has 0 aromatic heterocycles. The van der Waals surface area contributed by atoms with Gasteiger partial charge in [-0.05, 0) is 38.5 Å². The van der Waals surface area contributed by atoms with Crippen LogP contribution < -0.4 is 10.5 Å². The van der Waals surface area contributed by atoms with Gasteiger partial charge in [-0.25, -0.2) is 4.99 Å². The van der Waals surface area contributed by atoms with Crippen molar-refractivity contribution in [3.05, 3.63) is 29.3 Å². The van der Waals surface area contributed by atoms with Gasteiger partial charge in [-0.1, -0.05) is 19.9 Å². The summed E-state index contributed by atoms with van der Waals surface area (Å²) < 4.78 is 5.70. The molecule has 0 atom stereocenters. The first kappa shape index (κ1) is 12.6. The van der Waals surface area contributed by atoms with Gasteiger partial charge in [-0.2, -0.15) is 0 Å². The van der Waals surface area contributed by atoms with Crippen LogP contribution in [0.4, 0.5) is 0 Å². The fourth-order valence-corrected chi connectivity index (χ4v) is 1.57. The summed E-state index contributed by atoms with van der Waals surface area (Å²) in [5.74, 6) is 1.37. The van der Waals surface area contributed by atoms with Crippen LogP contribution in [0, 0.1) is 6.92 Å². The molecule has 1 heterocycles. The second-order valence-electron chi connectivity index (χ2n) is 4.05. The first-order valence-electron chi connectivity index (χ1n) is 5.63. The summed E-state index contributed by atoms with van der Waals surface area (Å²) in [4.78, 5) is 4.26. The molecule has 1 aliphatic heterocycles. The molecule has 3 nitrogen and oxygen atoms in total. The van der Waals surface area contributed by atoms with Crippen LogP contribution in [-0.2, 0) is 0 Å². The molecule has 1 aromatic rings. The van der Waals surface area contributed by atoms with Crippen molar-refractivity contribution in [1.82, 2.24) is 0 Å². The maximum Gasteiger partial charge on any atom is 0.196 e. The first-order valence-corrected chi connectivity index (χ1v) is 5.63. The topological polar surface area (TPSA) is 47.6 Å². The van der Waals surface area contributed by atoms with Crippen molar-refractivity contribution >= 4 is 5.84 Å². The molecule has 0 amide bonds. The van der Waals surface area contributed by atoms with Gasteiger partial charge in [0.05, 0.1) is 5.56 Å². The Morgan fingerprint density at radius 2 is 1.88 bits per heavy atom.